The monoisotopic (exact) mass is 388 g/mol. The van der Waals surface area contributed by atoms with Crippen LogP contribution < -0.4 is 0 Å². The van der Waals surface area contributed by atoms with E-state index in [1.165, 1.54) is 0 Å². The third-order valence-electron chi connectivity index (χ3n) is 0. The fraction of sp³-hybridized carbons (Fsp3) is 0. The largest absolute Gasteiger partial charge is 2.00 e. The minimum Gasteiger partial charge on any atom is -0.759 e. The Kier molecular flexibility index (Phi) is 18.4. The second kappa shape index (κ2) is 9.36. The van der Waals surface area contributed by atoms with E-state index in [2.05, 4.69) is 0 Å². The summed E-state index contributed by atoms with van der Waals surface area (Å²) in [6, 6.07) is 0. The van der Waals surface area contributed by atoms with Crippen LogP contribution in [0.25, 0.3) is 0 Å². The summed E-state index contributed by atoms with van der Waals surface area (Å²) in [7, 11) is -10.3. The van der Waals surface area contributed by atoms with Crippen LogP contribution >= 0.6 is 0 Å². The second-order valence-corrected chi connectivity index (χ2v) is 2.45. The van der Waals surface area contributed by atoms with Gasteiger partial charge in [0.05, 0.1) is 0 Å². The van der Waals surface area contributed by atoms with Gasteiger partial charge in [-0.05, 0) is 0 Å². The molecule has 0 amide bonds. The smallest absolute Gasteiger partial charge is 0.759 e. The van der Waals surface area contributed by atoms with E-state index in [1.54, 1.807) is 0 Å². The Labute approximate surface area is 119 Å². The zero-order valence-corrected chi connectivity index (χ0v) is 12.2. The molecule has 12 heavy (non-hydrogen) atoms. The third kappa shape index (κ3) is 423. The summed E-state index contributed by atoms with van der Waals surface area (Å²) in [5.74, 6) is 0. The molecule has 0 bridgehead atoms. The molecule has 72 valence electrons. The van der Waals surface area contributed by atoms with Crippen molar-refractivity contribution < 1.29 is 51.5 Å². The molecule has 0 unspecified atom stereocenters. The summed E-state index contributed by atoms with van der Waals surface area (Å²) < 4.78 is 68.2. The molecule has 0 aromatic heterocycles. The molecule has 0 radical (unpaired) electrons. The van der Waals surface area contributed by atoms with Crippen LogP contribution in [0.1, 0.15) is 0 Å². The maximum absolute atomic E-state index is 8.52. The SMILES string of the molecule is O=S(=O)([O-])[O-].O=S(=O)([O-])[O-].[Ba+2].[Ni+2]. The standard InChI is InChI=1S/Ba.Ni.2H2O4S/c;;2*1-5(2,3)4/h;;2*(H2,1,2,3,4)/q2*+2;;/p-4. The van der Waals surface area contributed by atoms with Crippen molar-refractivity contribution in [3.8, 4) is 0 Å². The summed E-state index contributed by atoms with van der Waals surface area (Å²) in [5.41, 5.74) is 0. The fourth-order valence-corrected chi connectivity index (χ4v) is 0. The normalized spacial score (nSPS) is 9.67. The molecular formula is BaNiO8S2. The van der Waals surface area contributed by atoms with Crippen molar-refractivity contribution in [2.24, 2.45) is 0 Å². The van der Waals surface area contributed by atoms with Crippen LogP contribution in [0.4, 0.5) is 0 Å². The van der Waals surface area contributed by atoms with Gasteiger partial charge in [0, 0.05) is 20.8 Å². The maximum atomic E-state index is 8.52. The zero-order chi connectivity index (χ0) is 9.00. The van der Waals surface area contributed by atoms with Gasteiger partial charge in [0.25, 0.3) is 0 Å². The van der Waals surface area contributed by atoms with Crippen molar-refractivity contribution in [3.63, 3.8) is 0 Å². The summed E-state index contributed by atoms with van der Waals surface area (Å²) in [6.07, 6.45) is 0. The summed E-state index contributed by atoms with van der Waals surface area (Å²) in [4.78, 5) is 0. The molecule has 0 aliphatic rings. The third-order valence-corrected chi connectivity index (χ3v) is 0. The first kappa shape index (κ1) is 23.5. The first-order valence-corrected chi connectivity index (χ1v) is 4.00. The zero-order valence-electron chi connectivity index (χ0n) is 5.11. The quantitative estimate of drug-likeness (QED) is 0.240. The van der Waals surface area contributed by atoms with Crippen molar-refractivity contribution in [3.05, 3.63) is 0 Å². The van der Waals surface area contributed by atoms with E-state index in [0.29, 0.717) is 0 Å². The molecule has 12 heteroatoms. The molecule has 0 N–H and O–H groups in total. The molecule has 0 saturated carbocycles. The molecule has 0 atom stereocenters. The van der Waals surface area contributed by atoms with E-state index in [4.69, 9.17) is 35.0 Å². The molecule has 0 aliphatic heterocycles. The number of rotatable bonds is 0. The molecular weight excluding hydrogens is 388 g/mol. The minimum atomic E-state index is -5.17. The van der Waals surface area contributed by atoms with Gasteiger partial charge >= 0.3 is 65.4 Å². The van der Waals surface area contributed by atoms with E-state index in [9.17, 15) is 0 Å². The van der Waals surface area contributed by atoms with Crippen LogP contribution in [0.3, 0.4) is 0 Å². The van der Waals surface area contributed by atoms with Crippen LogP contribution in [-0.2, 0) is 37.3 Å². The van der Waals surface area contributed by atoms with Gasteiger partial charge in [-0.2, -0.15) is 0 Å². The molecule has 0 heterocycles. The average molecular weight is 388 g/mol. The van der Waals surface area contributed by atoms with E-state index in [-0.39, 0.29) is 65.4 Å². The van der Waals surface area contributed by atoms with Crippen LogP contribution in [0.5, 0.6) is 0 Å². The molecule has 0 aliphatic carbocycles. The van der Waals surface area contributed by atoms with Gasteiger partial charge in [-0.1, -0.05) is 0 Å². The minimum absolute atomic E-state index is 0. The summed E-state index contributed by atoms with van der Waals surface area (Å²) in [6.45, 7) is 0. The van der Waals surface area contributed by atoms with Crippen LogP contribution in [0.2, 0.25) is 0 Å². The van der Waals surface area contributed by atoms with Crippen LogP contribution in [0.15, 0.2) is 0 Å². The molecule has 0 saturated heterocycles. The Morgan fingerprint density at radius 2 is 0.667 bits per heavy atom. The Morgan fingerprint density at radius 3 is 0.667 bits per heavy atom. The Hall–Kier alpha value is 1.80. The van der Waals surface area contributed by atoms with Crippen molar-refractivity contribution in [1.82, 2.24) is 0 Å². The maximum Gasteiger partial charge on any atom is 2.00 e. The first-order chi connectivity index (χ1) is 4.00. The summed E-state index contributed by atoms with van der Waals surface area (Å²) in [5, 5.41) is 0. The van der Waals surface area contributed by atoms with E-state index < -0.39 is 20.8 Å². The van der Waals surface area contributed by atoms with E-state index in [1.807, 2.05) is 0 Å². The van der Waals surface area contributed by atoms with Crippen LogP contribution in [0, 0.1) is 0 Å². The fourth-order valence-electron chi connectivity index (χ4n) is 0. The first-order valence-electron chi connectivity index (χ1n) is 1.33. The number of hydrogen-bond donors (Lipinski definition) is 0. The Bertz CT molecular complexity index is 213. The van der Waals surface area contributed by atoms with Gasteiger partial charge in [-0.25, -0.2) is 0 Å². The van der Waals surface area contributed by atoms with Crippen LogP contribution in [-0.4, -0.2) is 83.9 Å². The van der Waals surface area contributed by atoms with Gasteiger partial charge in [0.1, 0.15) is 0 Å². The van der Waals surface area contributed by atoms with Gasteiger partial charge in [-0.15, -0.1) is 0 Å². The molecule has 0 spiro atoms. The average Bonchev–Trinajstić information content (AvgIpc) is 1.12. The van der Waals surface area contributed by atoms with Crippen molar-refractivity contribution >= 4 is 69.7 Å². The van der Waals surface area contributed by atoms with Crippen molar-refractivity contribution in [2.75, 3.05) is 0 Å². The Morgan fingerprint density at radius 1 is 0.667 bits per heavy atom. The van der Waals surface area contributed by atoms with E-state index >= 15 is 0 Å². The second-order valence-electron chi connectivity index (χ2n) is 0.816. The predicted molar refractivity (Wildman–Crippen MR) is 26.7 cm³/mol. The molecule has 0 rings (SSSR count). The van der Waals surface area contributed by atoms with Gasteiger partial charge in [0.15, 0.2) is 0 Å². The summed E-state index contributed by atoms with van der Waals surface area (Å²) >= 11 is 0. The molecule has 8 nitrogen and oxygen atoms in total. The molecule has 0 aromatic carbocycles. The molecule has 0 fully saturated rings. The topological polar surface area (TPSA) is 161 Å². The van der Waals surface area contributed by atoms with Crippen molar-refractivity contribution in [2.45, 2.75) is 0 Å². The van der Waals surface area contributed by atoms with Crippen molar-refractivity contribution in [1.29, 1.82) is 0 Å². The predicted octanol–water partition coefficient (Wildman–Crippen LogP) is -3.06. The van der Waals surface area contributed by atoms with Gasteiger partial charge in [-0.3, -0.25) is 16.8 Å². The van der Waals surface area contributed by atoms with Gasteiger partial charge < -0.3 is 18.2 Å². The molecule has 0 aromatic rings. The van der Waals surface area contributed by atoms with E-state index in [0.717, 1.165) is 0 Å². The number of hydrogen-bond acceptors (Lipinski definition) is 8. The Balaban J connectivity index is -0.0000000457. The van der Waals surface area contributed by atoms with Gasteiger partial charge in [0.2, 0.25) is 0 Å².